The van der Waals surface area contributed by atoms with Crippen molar-refractivity contribution in [2.45, 2.75) is 44.8 Å². The summed E-state index contributed by atoms with van der Waals surface area (Å²) in [6, 6.07) is 0. The molecule has 2 N–H and O–H groups in total. The van der Waals surface area contributed by atoms with E-state index in [0.717, 1.165) is 25.9 Å². The molecule has 1 aliphatic rings. The maximum absolute atomic E-state index is 11.7. The first-order valence-corrected chi connectivity index (χ1v) is 10.1. The van der Waals surface area contributed by atoms with Crippen molar-refractivity contribution in [2.75, 3.05) is 39.0 Å². The van der Waals surface area contributed by atoms with Crippen LogP contribution in [-0.2, 0) is 14.6 Å². The zero-order chi connectivity index (χ0) is 17.5. The summed E-state index contributed by atoms with van der Waals surface area (Å²) in [6.07, 6.45) is 3.69. The number of nitrogens with one attached hydrogen (secondary N) is 2. The Hall–Kier alpha value is -1.31. The van der Waals surface area contributed by atoms with Gasteiger partial charge in [0.05, 0.1) is 11.3 Å². The van der Waals surface area contributed by atoms with E-state index in [9.17, 15) is 13.2 Å². The summed E-state index contributed by atoms with van der Waals surface area (Å²) < 4.78 is 22.5. The zero-order valence-corrected chi connectivity index (χ0v) is 15.5. The van der Waals surface area contributed by atoms with Crippen molar-refractivity contribution >= 4 is 21.7 Å². The summed E-state index contributed by atoms with van der Waals surface area (Å²) in [5, 5.41) is 6.30. The highest BCUT2D eigenvalue weighted by Crippen LogP contribution is 2.15. The summed E-state index contributed by atoms with van der Waals surface area (Å²) in [5.41, 5.74) is 0. The molecule has 23 heavy (non-hydrogen) atoms. The molecule has 0 aromatic heterocycles. The van der Waals surface area contributed by atoms with Crippen LogP contribution in [-0.4, -0.2) is 68.9 Å². The molecule has 0 saturated carbocycles. The lowest BCUT2D eigenvalue weighted by Crippen LogP contribution is -2.41. The standard InChI is InChI=1S/C15H30N4O3S/c1-5-16-14(18-12-15(2,3)23(4,21)22)17-9-7-11-19-10-6-8-13(19)20/h5-12H2,1-4H3,(H2,16,17,18). The molecular formula is C15H30N4O3S. The van der Waals surface area contributed by atoms with E-state index in [1.807, 2.05) is 11.8 Å². The zero-order valence-electron chi connectivity index (χ0n) is 14.7. The number of aliphatic imine (C=N–C) groups is 1. The molecule has 1 saturated heterocycles. The number of hydrogen-bond donors (Lipinski definition) is 2. The van der Waals surface area contributed by atoms with E-state index in [1.54, 1.807) is 13.8 Å². The van der Waals surface area contributed by atoms with Crippen molar-refractivity contribution in [3.8, 4) is 0 Å². The van der Waals surface area contributed by atoms with E-state index in [-0.39, 0.29) is 12.5 Å². The Morgan fingerprint density at radius 3 is 2.57 bits per heavy atom. The lowest BCUT2D eigenvalue weighted by molar-refractivity contribution is -0.127. The first-order valence-electron chi connectivity index (χ1n) is 8.17. The molecule has 1 fully saturated rings. The van der Waals surface area contributed by atoms with Crippen LogP contribution in [0.2, 0.25) is 0 Å². The average molecular weight is 346 g/mol. The largest absolute Gasteiger partial charge is 0.357 e. The predicted molar refractivity (Wildman–Crippen MR) is 93.3 cm³/mol. The molecule has 0 aromatic carbocycles. The summed E-state index contributed by atoms with van der Waals surface area (Å²) in [7, 11) is -3.16. The Bertz CT molecular complexity index is 529. The van der Waals surface area contributed by atoms with Crippen molar-refractivity contribution in [3.05, 3.63) is 0 Å². The third-order valence-corrected chi connectivity index (χ3v) is 6.17. The summed E-state index contributed by atoms with van der Waals surface area (Å²) >= 11 is 0. The lowest BCUT2D eigenvalue weighted by Gasteiger charge is -2.21. The van der Waals surface area contributed by atoms with Gasteiger partial charge in [0, 0.05) is 38.9 Å². The number of nitrogens with zero attached hydrogens (tertiary/aromatic N) is 2. The molecule has 0 spiro atoms. The second kappa shape index (κ2) is 8.52. The van der Waals surface area contributed by atoms with Gasteiger partial charge in [-0.25, -0.2) is 8.42 Å². The fraction of sp³-hybridized carbons (Fsp3) is 0.867. The molecule has 1 rings (SSSR count). The molecule has 134 valence electrons. The molecule has 1 amide bonds. The van der Waals surface area contributed by atoms with Crippen LogP contribution in [0.25, 0.3) is 0 Å². The van der Waals surface area contributed by atoms with Crippen LogP contribution in [0.4, 0.5) is 0 Å². The van der Waals surface area contributed by atoms with E-state index in [2.05, 4.69) is 15.6 Å². The van der Waals surface area contributed by atoms with Gasteiger partial charge >= 0.3 is 0 Å². The predicted octanol–water partition coefficient (Wildman–Crippen LogP) is 0.377. The fourth-order valence-electron chi connectivity index (χ4n) is 2.15. The second-order valence-electron chi connectivity index (χ2n) is 6.49. The molecule has 1 aliphatic heterocycles. The molecule has 0 bridgehead atoms. The molecule has 8 heteroatoms. The Morgan fingerprint density at radius 2 is 2.04 bits per heavy atom. The van der Waals surface area contributed by atoms with Crippen molar-refractivity contribution < 1.29 is 13.2 Å². The van der Waals surface area contributed by atoms with Gasteiger partial charge in [-0.1, -0.05) is 0 Å². The minimum atomic E-state index is -3.16. The van der Waals surface area contributed by atoms with E-state index in [4.69, 9.17) is 0 Å². The number of guanidine groups is 1. The van der Waals surface area contributed by atoms with Crippen molar-refractivity contribution in [1.29, 1.82) is 0 Å². The Morgan fingerprint density at radius 1 is 1.35 bits per heavy atom. The molecule has 7 nitrogen and oxygen atoms in total. The van der Waals surface area contributed by atoms with Crippen LogP contribution < -0.4 is 10.6 Å². The number of carbonyl (C=O) groups is 1. The highest BCUT2D eigenvalue weighted by Gasteiger charge is 2.29. The Balaban J connectivity index is 2.45. The van der Waals surface area contributed by atoms with Crippen LogP contribution in [0.3, 0.4) is 0 Å². The first-order chi connectivity index (χ1) is 10.7. The molecular weight excluding hydrogens is 316 g/mol. The van der Waals surface area contributed by atoms with Gasteiger partial charge in [0.2, 0.25) is 5.91 Å². The second-order valence-corrected chi connectivity index (χ2v) is 9.14. The van der Waals surface area contributed by atoms with Gasteiger partial charge in [-0.3, -0.25) is 9.79 Å². The van der Waals surface area contributed by atoms with Crippen LogP contribution >= 0.6 is 0 Å². The highest BCUT2D eigenvalue weighted by atomic mass is 32.2. The Kier molecular flexibility index (Phi) is 7.31. The summed E-state index contributed by atoms with van der Waals surface area (Å²) in [5.74, 6) is 0.845. The summed E-state index contributed by atoms with van der Waals surface area (Å²) in [6.45, 7) is 8.51. The number of sulfone groups is 1. The fourth-order valence-corrected chi connectivity index (χ4v) is 2.44. The molecule has 0 aromatic rings. The summed E-state index contributed by atoms with van der Waals surface area (Å²) in [4.78, 5) is 17.8. The normalized spacial score (nSPS) is 16.8. The molecule has 0 unspecified atom stereocenters. The smallest absolute Gasteiger partial charge is 0.222 e. The molecule has 1 heterocycles. The van der Waals surface area contributed by atoms with Crippen LogP contribution in [0.5, 0.6) is 0 Å². The first kappa shape index (κ1) is 19.7. The van der Waals surface area contributed by atoms with Crippen molar-refractivity contribution in [1.82, 2.24) is 15.5 Å². The number of likely N-dealkylation sites (tertiary alicyclic amines) is 1. The third-order valence-electron chi connectivity index (χ3n) is 4.03. The monoisotopic (exact) mass is 346 g/mol. The van der Waals surface area contributed by atoms with Crippen LogP contribution in [0.1, 0.15) is 40.0 Å². The number of rotatable bonds is 8. The van der Waals surface area contributed by atoms with Crippen LogP contribution in [0.15, 0.2) is 4.99 Å². The SMILES string of the molecule is CCNC(=NCC(C)(C)S(C)(=O)=O)NCCCN1CCCC1=O. The topological polar surface area (TPSA) is 90.9 Å². The van der Waals surface area contributed by atoms with Gasteiger partial charge in [-0.2, -0.15) is 0 Å². The van der Waals surface area contributed by atoms with Gasteiger partial charge in [-0.15, -0.1) is 0 Å². The minimum absolute atomic E-state index is 0.200. The van der Waals surface area contributed by atoms with Gasteiger partial charge in [0.25, 0.3) is 0 Å². The van der Waals surface area contributed by atoms with Crippen LogP contribution in [0, 0.1) is 0 Å². The molecule has 0 atom stereocenters. The highest BCUT2D eigenvalue weighted by molar-refractivity contribution is 7.92. The van der Waals surface area contributed by atoms with E-state index in [1.165, 1.54) is 6.26 Å². The van der Waals surface area contributed by atoms with E-state index in [0.29, 0.717) is 25.5 Å². The number of carbonyl (C=O) groups excluding carboxylic acids is 1. The van der Waals surface area contributed by atoms with Gasteiger partial charge in [0.15, 0.2) is 15.8 Å². The van der Waals surface area contributed by atoms with E-state index < -0.39 is 14.6 Å². The third kappa shape index (κ3) is 6.37. The van der Waals surface area contributed by atoms with E-state index >= 15 is 0 Å². The number of hydrogen-bond acceptors (Lipinski definition) is 4. The quantitative estimate of drug-likeness (QED) is 0.377. The van der Waals surface area contributed by atoms with Crippen molar-refractivity contribution in [3.63, 3.8) is 0 Å². The molecule has 0 radical (unpaired) electrons. The van der Waals surface area contributed by atoms with Gasteiger partial charge < -0.3 is 15.5 Å². The maximum atomic E-state index is 11.7. The van der Waals surface area contributed by atoms with Gasteiger partial charge in [-0.05, 0) is 33.6 Å². The number of amides is 1. The van der Waals surface area contributed by atoms with Crippen molar-refractivity contribution in [2.24, 2.45) is 4.99 Å². The lowest BCUT2D eigenvalue weighted by atomic mass is 10.2. The minimum Gasteiger partial charge on any atom is -0.357 e. The maximum Gasteiger partial charge on any atom is 0.222 e. The van der Waals surface area contributed by atoms with Gasteiger partial charge in [0.1, 0.15) is 0 Å². The average Bonchev–Trinajstić information content (AvgIpc) is 2.85. The Labute approximate surface area is 139 Å². The molecule has 0 aliphatic carbocycles.